The predicted octanol–water partition coefficient (Wildman–Crippen LogP) is 4.94. The molecule has 2 fully saturated rings. The Labute approximate surface area is 307 Å². The third kappa shape index (κ3) is 13.0. The largest absolute Gasteiger partial charge is 0.508 e. The summed E-state index contributed by atoms with van der Waals surface area (Å²) in [5, 5.41) is 44.8. The Morgan fingerprint density at radius 1 is 1.08 bits per heavy atom. The average molecular weight is 747 g/mol. The zero-order chi connectivity index (χ0) is 39.3. The number of benzene rings is 2. The molecular formula is C36H46BF3N4O9. The van der Waals surface area contributed by atoms with Gasteiger partial charge in [0, 0.05) is 18.2 Å². The van der Waals surface area contributed by atoms with Crippen LogP contribution >= 0.6 is 0 Å². The first kappa shape index (κ1) is 43.3. The summed E-state index contributed by atoms with van der Waals surface area (Å²) in [5.74, 6) is -0.131. The van der Waals surface area contributed by atoms with Crippen LogP contribution in [0.15, 0.2) is 47.8 Å². The number of aromatic nitrogens is 2. The lowest BCUT2D eigenvalue weighted by molar-refractivity contribution is -0.163. The molecule has 0 spiro atoms. The van der Waals surface area contributed by atoms with Crippen molar-refractivity contribution in [1.82, 2.24) is 15.3 Å². The number of aryl methyl sites for hydroxylation is 2. The molecular weight excluding hydrogens is 700 g/mol. The molecule has 5 N–H and O–H groups in total. The highest BCUT2D eigenvalue weighted by atomic mass is 19.4. The number of carbonyl (C=O) groups is 1. The van der Waals surface area contributed by atoms with Gasteiger partial charge in [-0.05, 0) is 98.5 Å². The van der Waals surface area contributed by atoms with Crippen LogP contribution in [0.1, 0.15) is 68.3 Å². The second-order valence-electron chi connectivity index (χ2n) is 12.5. The zero-order valence-electron chi connectivity index (χ0n) is 30.0. The molecule has 1 aromatic heterocycles. The van der Waals surface area contributed by atoms with Crippen LogP contribution < -0.4 is 15.6 Å². The zero-order valence-corrected chi connectivity index (χ0v) is 30.0. The SMILES string of the molecule is CC.Cc1cc(CC(NC2CCC(OCC3OCCC(O)C3O)CC2)C(=O)O)cc(C)c1Oc1ccc(O)cc1.[B]c1ncc(C(F)(F)F)nc1N=O. The molecule has 2 heterocycles. The molecule has 2 radical (unpaired) electrons. The summed E-state index contributed by atoms with van der Waals surface area (Å²) < 4.78 is 53.4. The fourth-order valence-corrected chi connectivity index (χ4v) is 5.91. The van der Waals surface area contributed by atoms with Gasteiger partial charge in [-0.15, -0.1) is 4.91 Å². The van der Waals surface area contributed by atoms with E-state index in [9.17, 15) is 43.3 Å². The minimum absolute atomic E-state index is 0.0256. The van der Waals surface area contributed by atoms with Crippen molar-refractivity contribution in [3.63, 3.8) is 0 Å². The van der Waals surface area contributed by atoms with E-state index in [0.29, 0.717) is 31.4 Å². The quantitative estimate of drug-likeness (QED) is 0.131. The molecule has 2 aliphatic rings. The van der Waals surface area contributed by atoms with Crippen LogP contribution in [0.4, 0.5) is 19.0 Å². The van der Waals surface area contributed by atoms with Crippen LogP contribution in [0.25, 0.3) is 0 Å². The van der Waals surface area contributed by atoms with Gasteiger partial charge in [0.05, 0.1) is 25.0 Å². The first-order valence-corrected chi connectivity index (χ1v) is 17.3. The Kier molecular flexibility index (Phi) is 16.6. The number of aliphatic hydroxyl groups is 2. The molecule has 4 atom stereocenters. The summed E-state index contributed by atoms with van der Waals surface area (Å²) in [6, 6.07) is 9.82. The number of halogens is 3. The Morgan fingerprint density at radius 3 is 2.26 bits per heavy atom. The van der Waals surface area contributed by atoms with E-state index in [2.05, 4.69) is 20.5 Å². The molecule has 1 aliphatic heterocycles. The van der Waals surface area contributed by atoms with Gasteiger partial charge in [-0.2, -0.15) is 13.2 Å². The number of ether oxygens (including phenoxy) is 3. The standard InChI is InChI=1S/C29H39NO8.C5HBF3N3O.C2H6/c1-17-13-19(14-18(2)28(17)38-23-9-5-21(31)6-10-23)15-24(29(34)35)30-20-3-7-22(8-4-20)37-16-26-27(33)25(32)11-12-36-26;6-3-4(12-13)11-2(1-10-3)5(7,8)9;1-2/h5-6,9-10,13-14,20,22,24-27,30-33H,3-4,7-8,11-12,15-16H2,1-2H3,(H,34,35);1H;1-2H3. The molecule has 3 aromatic rings. The molecule has 1 saturated carbocycles. The lowest BCUT2D eigenvalue weighted by Gasteiger charge is -2.35. The van der Waals surface area contributed by atoms with Crippen molar-refractivity contribution in [2.24, 2.45) is 5.18 Å². The lowest BCUT2D eigenvalue weighted by atomic mass is 9.91. The van der Waals surface area contributed by atoms with E-state index in [-0.39, 0.29) is 24.5 Å². The molecule has 1 saturated heterocycles. The second kappa shape index (κ2) is 20.3. The van der Waals surface area contributed by atoms with Gasteiger partial charge in [0.2, 0.25) is 5.82 Å². The fourth-order valence-electron chi connectivity index (χ4n) is 5.91. The van der Waals surface area contributed by atoms with Crippen LogP contribution in [0, 0.1) is 18.8 Å². The number of alkyl halides is 3. The van der Waals surface area contributed by atoms with Gasteiger partial charge in [0.15, 0.2) is 5.69 Å². The van der Waals surface area contributed by atoms with Crippen molar-refractivity contribution < 1.29 is 52.6 Å². The Morgan fingerprint density at radius 2 is 1.70 bits per heavy atom. The predicted molar refractivity (Wildman–Crippen MR) is 190 cm³/mol. The molecule has 0 amide bonds. The van der Waals surface area contributed by atoms with E-state index in [1.54, 1.807) is 24.3 Å². The highest BCUT2D eigenvalue weighted by Crippen LogP contribution is 2.32. The molecule has 17 heteroatoms. The van der Waals surface area contributed by atoms with Crippen LogP contribution in [0.2, 0.25) is 0 Å². The monoisotopic (exact) mass is 746 g/mol. The van der Waals surface area contributed by atoms with E-state index in [4.69, 9.17) is 22.1 Å². The van der Waals surface area contributed by atoms with Gasteiger partial charge in [-0.25, -0.2) is 4.98 Å². The van der Waals surface area contributed by atoms with Gasteiger partial charge >= 0.3 is 12.1 Å². The van der Waals surface area contributed by atoms with Gasteiger partial charge in [-0.1, -0.05) is 26.0 Å². The van der Waals surface area contributed by atoms with Gasteiger partial charge < -0.3 is 40.0 Å². The summed E-state index contributed by atoms with van der Waals surface area (Å²) in [4.78, 5) is 28.0. The number of carboxylic acids is 1. The van der Waals surface area contributed by atoms with Crippen LogP contribution in [-0.2, 0) is 26.9 Å². The van der Waals surface area contributed by atoms with Crippen molar-refractivity contribution in [2.45, 2.75) is 109 Å². The Hall–Kier alpha value is -4.16. The molecule has 288 valence electrons. The maximum absolute atomic E-state index is 12.1. The van der Waals surface area contributed by atoms with E-state index in [1.165, 1.54) is 0 Å². The van der Waals surface area contributed by atoms with Crippen LogP contribution in [-0.4, -0.2) is 93.9 Å². The smallest absolute Gasteiger partial charge is 0.434 e. The number of aliphatic hydroxyl groups excluding tert-OH is 2. The molecule has 5 rings (SSSR count). The summed E-state index contributed by atoms with van der Waals surface area (Å²) in [7, 11) is 5.01. The van der Waals surface area contributed by atoms with Crippen LogP contribution in [0.5, 0.6) is 17.2 Å². The third-order valence-corrected chi connectivity index (χ3v) is 8.60. The van der Waals surface area contributed by atoms with E-state index < -0.39 is 53.6 Å². The molecule has 53 heavy (non-hydrogen) atoms. The molecule has 4 unspecified atom stereocenters. The topological polar surface area (TPSA) is 193 Å². The van der Waals surface area contributed by atoms with Crippen molar-refractivity contribution in [2.75, 3.05) is 13.2 Å². The van der Waals surface area contributed by atoms with Gasteiger partial charge in [0.25, 0.3) is 0 Å². The van der Waals surface area contributed by atoms with Crippen molar-refractivity contribution in [3.05, 3.63) is 69.9 Å². The maximum Gasteiger partial charge on any atom is 0.434 e. The summed E-state index contributed by atoms with van der Waals surface area (Å²) in [6.45, 7) is 8.53. The molecule has 2 aromatic carbocycles. The number of carboxylic acid groups (broad SMARTS) is 1. The third-order valence-electron chi connectivity index (χ3n) is 8.60. The summed E-state index contributed by atoms with van der Waals surface area (Å²) in [6.07, 6.45) is -2.47. The first-order valence-electron chi connectivity index (χ1n) is 17.3. The van der Waals surface area contributed by atoms with Gasteiger partial charge in [-0.3, -0.25) is 9.78 Å². The molecule has 1 aliphatic carbocycles. The number of phenolic OH excluding ortho intramolecular Hbond substituents is 1. The number of hydrogen-bond acceptors (Lipinski definition) is 12. The highest BCUT2D eigenvalue weighted by molar-refractivity contribution is 6.33. The number of hydrogen-bond donors (Lipinski definition) is 5. The normalized spacial score (nSPS) is 21.9. The van der Waals surface area contributed by atoms with Crippen molar-refractivity contribution >= 4 is 25.2 Å². The second-order valence-corrected chi connectivity index (χ2v) is 12.5. The summed E-state index contributed by atoms with van der Waals surface area (Å²) in [5.41, 5.74) is 1.02. The number of nitrogens with zero attached hydrogens (tertiary/aromatic N) is 3. The van der Waals surface area contributed by atoms with E-state index >= 15 is 0 Å². The Bertz CT molecular complexity index is 1600. The van der Waals surface area contributed by atoms with Crippen LogP contribution in [0.3, 0.4) is 0 Å². The number of aromatic hydroxyl groups is 1. The number of aliphatic carboxylic acids is 1. The molecule has 13 nitrogen and oxygen atoms in total. The number of nitroso groups, excluding NO2 is 1. The lowest BCUT2D eigenvalue weighted by Crippen LogP contribution is -2.48. The van der Waals surface area contributed by atoms with E-state index in [0.717, 1.165) is 48.1 Å². The molecule has 0 bridgehead atoms. The van der Waals surface area contributed by atoms with Gasteiger partial charge in [0.1, 0.15) is 43.3 Å². The van der Waals surface area contributed by atoms with Crippen molar-refractivity contribution in [1.29, 1.82) is 0 Å². The number of phenols is 1. The number of rotatable bonds is 11. The summed E-state index contributed by atoms with van der Waals surface area (Å²) >= 11 is 0. The van der Waals surface area contributed by atoms with Crippen molar-refractivity contribution in [3.8, 4) is 17.2 Å². The minimum Gasteiger partial charge on any atom is -0.508 e. The van der Waals surface area contributed by atoms with E-state index in [1.807, 2.05) is 39.8 Å². The fraction of sp³-hybridized carbons (Fsp3) is 0.528. The minimum atomic E-state index is -4.65. The first-order chi connectivity index (χ1) is 25.1. The Balaban J connectivity index is 0.000000423. The number of nitrogens with one attached hydrogen (secondary N) is 1. The highest BCUT2D eigenvalue weighted by Gasteiger charge is 2.34. The maximum atomic E-state index is 12.1. The average Bonchev–Trinajstić information content (AvgIpc) is 3.12.